The van der Waals surface area contributed by atoms with E-state index in [0.717, 1.165) is 19.3 Å². The van der Waals surface area contributed by atoms with Gasteiger partial charge in [-0.1, -0.05) is 37.3 Å². The first-order valence-corrected chi connectivity index (χ1v) is 11.3. The lowest BCUT2D eigenvalue weighted by Crippen LogP contribution is -2.55. The molecule has 0 radical (unpaired) electrons. The summed E-state index contributed by atoms with van der Waals surface area (Å²) in [6.45, 7) is 18.5. The third-order valence-corrected chi connectivity index (χ3v) is 7.65. The maximum Gasteiger partial charge on any atom is 0.187 e. The van der Waals surface area contributed by atoms with E-state index in [9.17, 15) is 15.3 Å². The Bertz CT molecular complexity index is 717. The molecule has 0 aromatic rings. The van der Waals surface area contributed by atoms with E-state index in [4.69, 9.17) is 14.2 Å². The molecule has 2 heterocycles. The van der Waals surface area contributed by atoms with E-state index in [-0.39, 0.29) is 23.7 Å². The number of aliphatic hydroxyl groups is 3. The second-order valence-corrected chi connectivity index (χ2v) is 10.6. The highest BCUT2D eigenvalue weighted by atomic mass is 16.7. The third kappa shape index (κ3) is 5.00. The van der Waals surface area contributed by atoms with Crippen LogP contribution < -0.4 is 0 Å². The summed E-state index contributed by atoms with van der Waals surface area (Å²) in [6.07, 6.45) is 4.54. The minimum atomic E-state index is -1.31. The van der Waals surface area contributed by atoms with Gasteiger partial charge in [-0.15, -0.1) is 6.58 Å². The van der Waals surface area contributed by atoms with Gasteiger partial charge in [0.05, 0.1) is 17.8 Å². The second-order valence-electron chi connectivity index (χ2n) is 10.6. The lowest BCUT2D eigenvalue weighted by molar-refractivity contribution is -0.289. The van der Waals surface area contributed by atoms with Crippen LogP contribution >= 0.6 is 0 Å². The van der Waals surface area contributed by atoms with Gasteiger partial charge in [-0.25, -0.2) is 0 Å². The van der Waals surface area contributed by atoms with Crippen LogP contribution in [0.25, 0.3) is 0 Å². The predicted octanol–water partition coefficient (Wildman–Crippen LogP) is 3.12. The molecule has 3 aliphatic rings. The molecule has 3 N–H and O–H groups in total. The Morgan fingerprint density at radius 1 is 1.19 bits per heavy atom. The van der Waals surface area contributed by atoms with E-state index in [0.29, 0.717) is 11.8 Å². The molecule has 176 valence electrons. The maximum atomic E-state index is 10.1. The number of hydrogen-bond donors (Lipinski definition) is 3. The van der Waals surface area contributed by atoms with E-state index < -0.39 is 30.2 Å². The van der Waals surface area contributed by atoms with E-state index in [1.807, 2.05) is 26.0 Å². The molecule has 1 aliphatic carbocycles. The molecule has 6 heteroatoms. The number of rotatable bonds is 7. The van der Waals surface area contributed by atoms with Crippen LogP contribution in [0.5, 0.6) is 0 Å². The average molecular weight is 437 g/mol. The van der Waals surface area contributed by atoms with E-state index >= 15 is 0 Å². The summed E-state index contributed by atoms with van der Waals surface area (Å²) in [6, 6.07) is 0. The highest BCUT2D eigenvalue weighted by molar-refractivity contribution is 5.20. The normalized spacial score (nSPS) is 46.1. The van der Waals surface area contributed by atoms with Crippen LogP contribution in [0.15, 0.2) is 37.0 Å². The average Bonchev–Trinajstić information content (AvgIpc) is 3.38. The van der Waals surface area contributed by atoms with Crippen molar-refractivity contribution in [3.8, 4) is 0 Å². The fourth-order valence-corrected chi connectivity index (χ4v) is 5.20. The molecule has 0 bridgehead atoms. The Hall–Kier alpha value is -1.02. The Balaban J connectivity index is 1.60. The fourth-order valence-electron chi connectivity index (χ4n) is 5.20. The molecule has 0 aromatic heterocycles. The highest BCUT2D eigenvalue weighted by Crippen LogP contribution is 2.55. The van der Waals surface area contributed by atoms with Gasteiger partial charge in [-0.3, -0.25) is 0 Å². The molecule has 2 saturated heterocycles. The molecule has 0 aromatic carbocycles. The molecule has 1 unspecified atom stereocenters. The largest absolute Gasteiger partial charge is 0.388 e. The first-order chi connectivity index (χ1) is 14.3. The molecular weight excluding hydrogens is 396 g/mol. The van der Waals surface area contributed by atoms with E-state index in [2.05, 4.69) is 40.0 Å². The van der Waals surface area contributed by atoms with Crippen molar-refractivity contribution in [1.29, 1.82) is 0 Å². The number of allylic oxidation sites excluding steroid dienone is 2. The van der Waals surface area contributed by atoms with Gasteiger partial charge >= 0.3 is 0 Å². The SMILES string of the molecule is C=C[C@@]1(C)CCC([C@]2(C)O[C@H]2/C=C/C(C)(C)O[C@@H]2OC[C@@H](O)[C@@H](O)[C@@H]2O)C[C@@H]1C(=C)C. The zero-order chi connectivity index (χ0) is 23.2. The van der Waals surface area contributed by atoms with E-state index in [1.165, 1.54) is 5.57 Å². The molecule has 31 heavy (non-hydrogen) atoms. The molecule has 2 aliphatic heterocycles. The zero-order valence-corrected chi connectivity index (χ0v) is 19.6. The van der Waals surface area contributed by atoms with E-state index in [1.54, 1.807) is 0 Å². The third-order valence-electron chi connectivity index (χ3n) is 7.65. The molecule has 9 atom stereocenters. The maximum absolute atomic E-state index is 10.1. The van der Waals surface area contributed by atoms with Crippen LogP contribution in [0, 0.1) is 17.3 Å². The Morgan fingerprint density at radius 2 is 1.87 bits per heavy atom. The van der Waals surface area contributed by atoms with Gasteiger partial charge in [0.2, 0.25) is 0 Å². The minimum absolute atomic E-state index is 0.00356. The van der Waals surface area contributed by atoms with Crippen LogP contribution in [-0.2, 0) is 14.2 Å². The lowest BCUT2D eigenvalue weighted by Gasteiger charge is -2.44. The molecule has 3 fully saturated rings. The summed E-state index contributed by atoms with van der Waals surface area (Å²) in [4.78, 5) is 0. The summed E-state index contributed by atoms with van der Waals surface area (Å²) in [5, 5.41) is 29.6. The van der Waals surface area contributed by atoms with Gasteiger partial charge < -0.3 is 29.5 Å². The van der Waals surface area contributed by atoms with Gasteiger partial charge in [0, 0.05) is 0 Å². The lowest BCUT2D eigenvalue weighted by atomic mass is 9.60. The Labute approximate surface area is 186 Å². The second kappa shape index (κ2) is 8.73. The van der Waals surface area contributed by atoms with Crippen molar-refractivity contribution in [2.75, 3.05) is 6.61 Å². The fraction of sp³-hybridized carbons (Fsp3) is 0.760. The first kappa shape index (κ1) is 24.6. The summed E-state index contributed by atoms with van der Waals surface area (Å²) in [7, 11) is 0. The van der Waals surface area contributed by atoms with Crippen molar-refractivity contribution in [2.45, 2.75) is 95.8 Å². The molecular formula is C25H40O6. The Kier molecular flexibility index (Phi) is 6.93. The summed E-state index contributed by atoms with van der Waals surface area (Å²) in [5.41, 5.74) is 0.350. The predicted molar refractivity (Wildman–Crippen MR) is 119 cm³/mol. The summed E-state index contributed by atoms with van der Waals surface area (Å²) >= 11 is 0. The zero-order valence-electron chi connectivity index (χ0n) is 19.6. The van der Waals surface area contributed by atoms with Crippen molar-refractivity contribution < 1.29 is 29.5 Å². The number of ether oxygens (including phenoxy) is 3. The van der Waals surface area contributed by atoms with Crippen molar-refractivity contribution in [3.63, 3.8) is 0 Å². The number of aliphatic hydroxyl groups excluding tert-OH is 3. The smallest absolute Gasteiger partial charge is 0.187 e. The van der Waals surface area contributed by atoms with Crippen molar-refractivity contribution in [1.82, 2.24) is 0 Å². The molecule has 1 saturated carbocycles. The standard InChI is InChI=1S/C25H40O6/c1-8-24(6)12-9-16(13-17(24)15(2)3)25(7)19(30-25)10-11-23(4,5)31-22-21(28)20(27)18(26)14-29-22/h8,10-11,16-22,26-28H,1-2,9,12-14H2,3-7H3/b11-10+/t16?,17-,18-,19+,20-,21+,22+,24+,25+/m1/s1. The molecule has 3 rings (SSSR count). The highest BCUT2D eigenvalue weighted by Gasteiger charge is 2.58. The van der Waals surface area contributed by atoms with Gasteiger partial charge in [-0.05, 0) is 64.2 Å². The van der Waals surface area contributed by atoms with Crippen LogP contribution in [0.1, 0.15) is 53.9 Å². The van der Waals surface area contributed by atoms with Gasteiger partial charge in [0.1, 0.15) is 24.4 Å². The van der Waals surface area contributed by atoms with Crippen molar-refractivity contribution in [2.24, 2.45) is 17.3 Å². The summed E-state index contributed by atoms with van der Waals surface area (Å²) < 4.78 is 17.4. The molecule has 0 amide bonds. The van der Waals surface area contributed by atoms with Crippen molar-refractivity contribution in [3.05, 3.63) is 37.0 Å². The summed E-state index contributed by atoms with van der Waals surface area (Å²) in [5.74, 6) is 0.849. The van der Waals surface area contributed by atoms with Crippen LogP contribution in [-0.4, -0.2) is 63.8 Å². The van der Waals surface area contributed by atoms with Gasteiger partial charge in [-0.2, -0.15) is 0 Å². The Morgan fingerprint density at radius 3 is 2.48 bits per heavy atom. The van der Waals surface area contributed by atoms with Crippen LogP contribution in [0.3, 0.4) is 0 Å². The number of epoxide rings is 1. The molecule has 0 spiro atoms. The monoisotopic (exact) mass is 436 g/mol. The minimum Gasteiger partial charge on any atom is -0.388 e. The van der Waals surface area contributed by atoms with Crippen LogP contribution in [0.2, 0.25) is 0 Å². The van der Waals surface area contributed by atoms with Crippen molar-refractivity contribution >= 4 is 0 Å². The van der Waals surface area contributed by atoms with Crippen LogP contribution in [0.4, 0.5) is 0 Å². The van der Waals surface area contributed by atoms with Gasteiger partial charge in [0.15, 0.2) is 6.29 Å². The number of hydrogen-bond acceptors (Lipinski definition) is 6. The molecule has 6 nitrogen and oxygen atoms in total. The quantitative estimate of drug-likeness (QED) is 0.420. The first-order valence-electron chi connectivity index (χ1n) is 11.3. The van der Waals surface area contributed by atoms with Gasteiger partial charge in [0.25, 0.3) is 0 Å². The topological polar surface area (TPSA) is 91.7 Å².